The van der Waals surface area contributed by atoms with Gasteiger partial charge >= 0.3 is 0 Å². The molecule has 12 heavy (non-hydrogen) atoms. The number of nitrogens with two attached hydrogens (primary N) is 1. The lowest BCUT2D eigenvalue weighted by Gasteiger charge is -1.99. The number of aryl methyl sites for hydroxylation is 1. The monoisotopic (exact) mass is 202 g/mol. The maximum absolute atomic E-state index is 5.79. The van der Waals surface area contributed by atoms with Crippen molar-refractivity contribution in [3.8, 4) is 0 Å². The number of rotatable bonds is 3. The van der Waals surface area contributed by atoms with Crippen molar-refractivity contribution in [1.29, 1.82) is 0 Å². The Morgan fingerprint density at radius 2 is 2.33 bits per heavy atom. The van der Waals surface area contributed by atoms with Crippen LogP contribution in [0.1, 0.15) is 28.5 Å². The van der Waals surface area contributed by atoms with Crippen LogP contribution in [0.5, 0.6) is 0 Å². The zero-order valence-corrected chi connectivity index (χ0v) is 9.26. The molecule has 0 spiro atoms. The fourth-order valence-electron chi connectivity index (χ4n) is 1.07. The molecule has 1 unspecified atom stereocenters. The number of hydrogen-bond acceptors (Lipinski definition) is 4. The summed E-state index contributed by atoms with van der Waals surface area (Å²) < 4.78 is 0. The first-order chi connectivity index (χ1) is 5.65. The van der Waals surface area contributed by atoms with Crippen molar-refractivity contribution in [3.63, 3.8) is 0 Å². The molecule has 0 aliphatic rings. The maximum Gasteiger partial charge on any atom is 0.103 e. The van der Waals surface area contributed by atoms with Crippen LogP contribution in [0, 0.1) is 6.92 Å². The number of thioether (sulfide) groups is 1. The van der Waals surface area contributed by atoms with Crippen molar-refractivity contribution in [2.45, 2.75) is 25.6 Å². The lowest BCUT2D eigenvalue weighted by atomic mass is 10.2. The molecule has 1 atom stereocenters. The van der Waals surface area contributed by atoms with Crippen LogP contribution in [-0.4, -0.2) is 11.2 Å². The molecule has 1 rings (SSSR count). The standard InChI is InChI=1S/C8H14N2S2/c1-5(9)8-6(2)10-7(12-8)4-11-3/h5H,4,9H2,1-3H3. The lowest BCUT2D eigenvalue weighted by molar-refractivity contribution is 0.825. The van der Waals surface area contributed by atoms with E-state index in [4.69, 9.17) is 5.73 Å². The molecule has 0 amide bonds. The molecular formula is C8H14N2S2. The van der Waals surface area contributed by atoms with Gasteiger partial charge in [-0.3, -0.25) is 0 Å². The summed E-state index contributed by atoms with van der Waals surface area (Å²) in [6.45, 7) is 4.03. The van der Waals surface area contributed by atoms with Crippen LogP contribution in [0.15, 0.2) is 0 Å². The summed E-state index contributed by atoms with van der Waals surface area (Å²) in [4.78, 5) is 5.66. The molecule has 0 aromatic carbocycles. The van der Waals surface area contributed by atoms with Crippen molar-refractivity contribution in [2.75, 3.05) is 6.26 Å². The Morgan fingerprint density at radius 3 is 2.75 bits per heavy atom. The minimum absolute atomic E-state index is 0.123. The molecule has 0 saturated carbocycles. The van der Waals surface area contributed by atoms with E-state index < -0.39 is 0 Å². The van der Waals surface area contributed by atoms with E-state index in [0.29, 0.717) is 0 Å². The van der Waals surface area contributed by atoms with E-state index in [-0.39, 0.29) is 6.04 Å². The highest BCUT2D eigenvalue weighted by Gasteiger charge is 2.09. The molecule has 0 fully saturated rings. The third-order valence-electron chi connectivity index (χ3n) is 1.56. The van der Waals surface area contributed by atoms with Crippen molar-refractivity contribution >= 4 is 23.1 Å². The predicted octanol–water partition coefficient (Wildman–Crippen LogP) is 2.33. The van der Waals surface area contributed by atoms with E-state index in [2.05, 4.69) is 11.2 Å². The Hall–Kier alpha value is -0.0600. The fourth-order valence-corrected chi connectivity index (χ4v) is 2.79. The third kappa shape index (κ3) is 2.21. The molecule has 1 heterocycles. The summed E-state index contributed by atoms with van der Waals surface area (Å²) in [5.74, 6) is 0.998. The molecule has 0 aliphatic heterocycles. The number of hydrogen-bond donors (Lipinski definition) is 1. The predicted molar refractivity (Wildman–Crippen MR) is 56.7 cm³/mol. The maximum atomic E-state index is 5.79. The zero-order chi connectivity index (χ0) is 9.14. The average molecular weight is 202 g/mol. The Kier molecular flexibility index (Phi) is 3.55. The molecule has 4 heteroatoms. The van der Waals surface area contributed by atoms with Gasteiger partial charge in [0, 0.05) is 16.7 Å². The summed E-state index contributed by atoms with van der Waals surface area (Å²) in [6, 6.07) is 0.123. The Bertz CT molecular complexity index is 256. The number of thiazole rings is 1. The van der Waals surface area contributed by atoms with Gasteiger partial charge in [-0.15, -0.1) is 11.3 Å². The normalized spacial score (nSPS) is 13.3. The molecule has 68 valence electrons. The van der Waals surface area contributed by atoms with Crippen molar-refractivity contribution < 1.29 is 0 Å². The lowest BCUT2D eigenvalue weighted by Crippen LogP contribution is -2.03. The second kappa shape index (κ2) is 4.25. The van der Waals surface area contributed by atoms with Crippen LogP contribution in [0.25, 0.3) is 0 Å². The summed E-state index contributed by atoms with van der Waals surface area (Å²) >= 11 is 3.53. The molecule has 0 radical (unpaired) electrons. The highest BCUT2D eigenvalue weighted by atomic mass is 32.2. The Labute approximate surface area is 81.6 Å². The van der Waals surface area contributed by atoms with E-state index in [1.807, 2.05) is 13.8 Å². The fraction of sp³-hybridized carbons (Fsp3) is 0.625. The molecule has 2 nitrogen and oxygen atoms in total. The summed E-state index contributed by atoms with van der Waals surface area (Å²) in [5, 5.41) is 1.19. The van der Waals surface area contributed by atoms with Gasteiger partial charge in [-0.05, 0) is 20.1 Å². The molecule has 1 aromatic heterocycles. The Morgan fingerprint density at radius 1 is 1.67 bits per heavy atom. The van der Waals surface area contributed by atoms with E-state index >= 15 is 0 Å². The largest absolute Gasteiger partial charge is 0.323 e. The molecule has 0 aliphatic carbocycles. The van der Waals surface area contributed by atoms with Crippen LogP contribution in [0.4, 0.5) is 0 Å². The first-order valence-corrected chi connectivity index (χ1v) is 6.07. The molecule has 0 saturated heterocycles. The van der Waals surface area contributed by atoms with Gasteiger partial charge in [-0.25, -0.2) is 4.98 Å². The number of aromatic nitrogens is 1. The molecule has 2 N–H and O–H groups in total. The van der Waals surface area contributed by atoms with Gasteiger partial charge in [0.1, 0.15) is 5.01 Å². The van der Waals surface area contributed by atoms with Gasteiger partial charge in [-0.1, -0.05) is 0 Å². The van der Waals surface area contributed by atoms with Crippen LogP contribution in [-0.2, 0) is 5.75 Å². The van der Waals surface area contributed by atoms with Crippen LogP contribution in [0.3, 0.4) is 0 Å². The van der Waals surface area contributed by atoms with Crippen molar-refractivity contribution in [1.82, 2.24) is 4.98 Å². The SMILES string of the molecule is CSCc1nc(C)c(C(C)N)s1. The second-order valence-electron chi connectivity index (χ2n) is 2.78. The minimum atomic E-state index is 0.123. The van der Waals surface area contributed by atoms with Gasteiger partial charge in [0.15, 0.2) is 0 Å². The van der Waals surface area contributed by atoms with Gasteiger partial charge in [-0.2, -0.15) is 11.8 Å². The smallest absolute Gasteiger partial charge is 0.103 e. The highest BCUT2D eigenvalue weighted by molar-refractivity contribution is 7.97. The summed E-state index contributed by atoms with van der Waals surface area (Å²) in [6.07, 6.45) is 2.09. The van der Waals surface area contributed by atoms with Crippen molar-refractivity contribution in [3.05, 3.63) is 15.6 Å². The second-order valence-corrected chi connectivity index (χ2v) is 4.76. The third-order valence-corrected chi connectivity index (χ3v) is 3.66. The molecule has 1 aromatic rings. The van der Waals surface area contributed by atoms with E-state index in [0.717, 1.165) is 11.4 Å². The van der Waals surface area contributed by atoms with Gasteiger partial charge < -0.3 is 5.73 Å². The van der Waals surface area contributed by atoms with E-state index in [1.54, 1.807) is 23.1 Å². The van der Waals surface area contributed by atoms with Gasteiger partial charge in [0.25, 0.3) is 0 Å². The minimum Gasteiger partial charge on any atom is -0.323 e. The van der Waals surface area contributed by atoms with Gasteiger partial charge in [0.2, 0.25) is 0 Å². The topological polar surface area (TPSA) is 38.9 Å². The zero-order valence-electron chi connectivity index (χ0n) is 7.63. The highest BCUT2D eigenvalue weighted by Crippen LogP contribution is 2.25. The Balaban J connectivity index is 2.85. The first kappa shape index (κ1) is 10.0. The van der Waals surface area contributed by atoms with Crippen LogP contribution >= 0.6 is 23.1 Å². The number of nitrogens with zero attached hydrogens (tertiary/aromatic N) is 1. The van der Waals surface area contributed by atoms with E-state index in [1.165, 1.54) is 9.88 Å². The van der Waals surface area contributed by atoms with Crippen LogP contribution < -0.4 is 5.73 Å². The summed E-state index contributed by atoms with van der Waals surface area (Å²) in [5.41, 5.74) is 6.88. The van der Waals surface area contributed by atoms with Gasteiger partial charge in [0.05, 0.1) is 5.69 Å². The van der Waals surface area contributed by atoms with Crippen LogP contribution in [0.2, 0.25) is 0 Å². The first-order valence-electron chi connectivity index (χ1n) is 3.86. The molecule has 0 bridgehead atoms. The summed E-state index contributed by atoms with van der Waals surface area (Å²) in [7, 11) is 0. The quantitative estimate of drug-likeness (QED) is 0.817. The average Bonchev–Trinajstić information content (AvgIpc) is 2.32. The van der Waals surface area contributed by atoms with Crippen molar-refractivity contribution in [2.24, 2.45) is 5.73 Å². The molecular weight excluding hydrogens is 188 g/mol. The van der Waals surface area contributed by atoms with E-state index in [9.17, 15) is 0 Å².